The van der Waals surface area contributed by atoms with Gasteiger partial charge in [-0.3, -0.25) is 9.59 Å². The fraction of sp³-hybridized carbons (Fsp3) is 0.263. The van der Waals surface area contributed by atoms with E-state index in [1.54, 1.807) is 16.9 Å². The van der Waals surface area contributed by atoms with Crippen LogP contribution in [-0.4, -0.2) is 39.5 Å². The maximum Gasteiger partial charge on any atom is 0.258 e. The van der Waals surface area contributed by atoms with Gasteiger partial charge in [-0.2, -0.15) is 0 Å². The molecule has 0 aromatic heterocycles. The molecule has 3 fully saturated rings. The molecule has 3 aliphatic rings. The molecule has 3 saturated heterocycles. The van der Waals surface area contributed by atoms with Gasteiger partial charge in [-0.15, -0.1) is 0 Å². The molecule has 7 heteroatoms. The molecule has 3 aliphatic heterocycles. The lowest BCUT2D eigenvalue weighted by Crippen LogP contribution is -2.64. The molecular formula is C19H18N2O3S2. The van der Waals surface area contributed by atoms with Gasteiger partial charge >= 0.3 is 0 Å². The van der Waals surface area contributed by atoms with Gasteiger partial charge in [0.05, 0.1) is 7.11 Å². The van der Waals surface area contributed by atoms with E-state index in [1.807, 2.05) is 54.6 Å². The van der Waals surface area contributed by atoms with Crippen LogP contribution in [0, 0.1) is 0 Å². The number of carbonyl (C=O) groups excluding carboxylic acids is 2. The summed E-state index contributed by atoms with van der Waals surface area (Å²) >= 11 is 0. The number of benzene rings is 2. The Bertz CT molecular complexity index is 813. The molecule has 0 radical (unpaired) electrons. The van der Waals surface area contributed by atoms with Crippen LogP contribution in [0.2, 0.25) is 0 Å². The molecule has 5 rings (SSSR count). The number of amides is 2. The Hall–Kier alpha value is -2.12. The molecule has 0 spiro atoms. The lowest BCUT2D eigenvalue weighted by atomic mass is 10.1. The molecule has 2 aromatic rings. The fourth-order valence-corrected chi connectivity index (χ4v) is 6.06. The highest BCUT2D eigenvalue weighted by Crippen LogP contribution is 2.47. The molecule has 3 heterocycles. The Kier molecular flexibility index (Phi) is 4.82. The Morgan fingerprint density at radius 3 is 1.81 bits per heavy atom. The van der Waals surface area contributed by atoms with Gasteiger partial charge in [0.1, 0.15) is 5.75 Å². The third-order valence-corrected chi connectivity index (χ3v) is 7.32. The van der Waals surface area contributed by atoms with Gasteiger partial charge in [-0.25, -0.2) is 0 Å². The number of fused-ring (bicyclic) bond motifs is 3. The predicted octanol–water partition coefficient (Wildman–Crippen LogP) is 3.11. The summed E-state index contributed by atoms with van der Waals surface area (Å²) in [6.45, 7) is 0.902. The van der Waals surface area contributed by atoms with Crippen molar-refractivity contribution in [1.82, 2.24) is 9.80 Å². The van der Waals surface area contributed by atoms with Crippen molar-refractivity contribution < 1.29 is 14.3 Å². The summed E-state index contributed by atoms with van der Waals surface area (Å²) in [5.41, 5.74) is 2.02. The van der Waals surface area contributed by atoms with Crippen LogP contribution in [0.4, 0.5) is 0 Å². The van der Waals surface area contributed by atoms with E-state index in [0.717, 1.165) is 16.9 Å². The second-order valence-electron chi connectivity index (χ2n) is 6.16. The summed E-state index contributed by atoms with van der Waals surface area (Å²) < 4.78 is 5.17. The van der Waals surface area contributed by atoms with Gasteiger partial charge < -0.3 is 14.5 Å². The van der Waals surface area contributed by atoms with Crippen molar-refractivity contribution in [2.45, 2.75) is 23.8 Å². The fourth-order valence-electron chi connectivity index (χ4n) is 3.10. The van der Waals surface area contributed by atoms with Crippen LogP contribution in [-0.2, 0) is 22.7 Å². The molecule has 2 atom stereocenters. The van der Waals surface area contributed by atoms with Gasteiger partial charge in [0.25, 0.3) is 11.8 Å². The Morgan fingerprint density at radius 2 is 1.31 bits per heavy atom. The van der Waals surface area contributed by atoms with Crippen molar-refractivity contribution in [3.63, 3.8) is 0 Å². The van der Waals surface area contributed by atoms with Crippen molar-refractivity contribution in [2.75, 3.05) is 7.11 Å². The summed E-state index contributed by atoms with van der Waals surface area (Å²) in [5, 5.41) is -0.931. The summed E-state index contributed by atoms with van der Waals surface area (Å²) in [6, 6.07) is 17.4. The third kappa shape index (κ3) is 3.17. The molecule has 134 valence electrons. The maximum absolute atomic E-state index is 12.9. The molecule has 0 aliphatic carbocycles. The SMILES string of the molecule is COc1ccc(CN2C(=O)[C@@H]3SS[C@H]2C(=O)N3Cc2ccccc2)cc1. The highest BCUT2D eigenvalue weighted by molar-refractivity contribution is 8.77. The number of hydrogen-bond donors (Lipinski definition) is 0. The summed E-state index contributed by atoms with van der Waals surface area (Å²) in [6.07, 6.45) is 0. The summed E-state index contributed by atoms with van der Waals surface area (Å²) in [4.78, 5) is 29.2. The topological polar surface area (TPSA) is 49.9 Å². The quantitative estimate of drug-likeness (QED) is 0.739. The van der Waals surface area contributed by atoms with Gasteiger partial charge in [0.2, 0.25) is 0 Å². The highest BCUT2D eigenvalue weighted by Gasteiger charge is 2.51. The molecule has 2 amide bonds. The lowest BCUT2D eigenvalue weighted by molar-refractivity contribution is -0.155. The first-order valence-electron chi connectivity index (χ1n) is 8.27. The van der Waals surface area contributed by atoms with Crippen LogP contribution in [0.1, 0.15) is 11.1 Å². The van der Waals surface area contributed by atoms with Crippen LogP contribution in [0.3, 0.4) is 0 Å². The van der Waals surface area contributed by atoms with E-state index in [0.29, 0.717) is 13.1 Å². The van der Waals surface area contributed by atoms with Gasteiger partial charge in [-0.1, -0.05) is 64.1 Å². The molecular weight excluding hydrogens is 368 g/mol. The van der Waals surface area contributed by atoms with Crippen molar-refractivity contribution in [3.05, 3.63) is 65.7 Å². The Morgan fingerprint density at radius 1 is 0.808 bits per heavy atom. The van der Waals surface area contributed by atoms with E-state index >= 15 is 0 Å². The smallest absolute Gasteiger partial charge is 0.258 e. The van der Waals surface area contributed by atoms with Gasteiger partial charge in [0.15, 0.2) is 10.7 Å². The molecule has 0 saturated carbocycles. The van der Waals surface area contributed by atoms with Gasteiger partial charge in [-0.05, 0) is 23.3 Å². The molecule has 5 nitrogen and oxygen atoms in total. The van der Waals surface area contributed by atoms with Crippen LogP contribution in [0.15, 0.2) is 54.6 Å². The summed E-state index contributed by atoms with van der Waals surface area (Å²) in [7, 11) is 4.58. The Balaban J connectivity index is 1.52. The molecule has 26 heavy (non-hydrogen) atoms. The first-order valence-corrected chi connectivity index (χ1v) is 10.5. The molecule has 0 N–H and O–H groups in total. The van der Waals surface area contributed by atoms with Gasteiger partial charge in [0, 0.05) is 13.1 Å². The minimum Gasteiger partial charge on any atom is -0.497 e. The number of hydrogen-bond acceptors (Lipinski definition) is 5. The van der Waals surface area contributed by atoms with E-state index < -0.39 is 10.7 Å². The third-order valence-electron chi connectivity index (χ3n) is 4.50. The summed E-state index contributed by atoms with van der Waals surface area (Å²) in [5.74, 6) is 0.788. The normalized spacial score (nSPS) is 22.0. The first kappa shape index (κ1) is 17.3. The van der Waals surface area contributed by atoms with Crippen molar-refractivity contribution in [2.24, 2.45) is 0 Å². The number of carbonyl (C=O) groups is 2. The second kappa shape index (κ2) is 7.25. The number of methoxy groups -OCH3 is 1. The largest absolute Gasteiger partial charge is 0.497 e. The monoisotopic (exact) mass is 386 g/mol. The Labute approximate surface area is 160 Å². The van der Waals surface area contributed by atoms with Crippen LogP contribution in [0.5, 0.6) is 5.75 Å². The zero-order chi connectivity index (χ0) is 18.1. The van der Waals surface area contributed by atoms with E-state index in [2.05, 4.69) is 0 Å². The predicted molar refractivity (Wildman–Crippen MR) is 103 cm³/mol. The van der Waals surface area contributed by atoms with Crippen LogP contribution in [0.25, 0.3) is 0 Å². The molecule has 2 bridgehead atoms. The average Bonchev–Trinajstić information content (AvgIpc) is 2.68. The zero-order valence-electron chi connectivity index (χ0n) is 14.2. The zero-order valence-corrected chi connectivity index (χ0v) is 15.8. The minimum absolute atomic E-state index is 0.00472. The minimum atomic E-state index is -0.469. The van der Waals surface area contributed by atoms with Crippen LogP contribution < -0.4 is 4.74 Å². The molecule has 2 aromatic carbocycles. The lowest BCUT2D eigenvalue weighted by Gasteiger charge is -2.48. The number of nitrogens with zero attached hydrogens (tertiary/aromatic N) is 2. The highest BCUT2D eigenvalue weighted by atomic mass is 33.1. The standard InChI is InChI=1S/C19H18N2O3S2/c1-24-15-9-7-14(8-10-15)12-21-17(23)18-20(16(22)19(21)26-25-18)11-13-5-3-2-4-6-13/h2-10,18-19H,11-12H2,1H3/t18-,19-/m0/s1. The molecule has 0 unspecified atom stereocenters. The van der Waals surface area contributed by atoms with E-state index in [1.165, 1.54) is 21.6 Å². The average molecular weight is 386 g/mol. The second-order valence-corrected chi connectivity index (χ2v) is 8.60. The van der Waals surface area contributed by atoms with Crippen molar-refractivity contribution >= 4 is 33.4 Å². The van der Waals surface area contributed by atoms with E-state index in [4.69, 9.17) is 4.74 Å². The van der Waals surface area contributed by atoms with Crippen LogP contribution >= 0.6 is 21.6 Å². The van der Waals surface area contributed by atoms with Crippen molar-refractivity contribution in [1.29, 1.82) is 0 Å². The van der Waals surface area contributed by atoms with E-state index in [9.17, 15) is 9.59 Å². The maximum atomic E-state index is 12.9. The van der Waals surface area contributed by atoms with Crippen molar-refractivity contribution in [3.8, 4) is 5.75 Å². The first-order chi connectivity index (χ1) is 12.7. The number of piperazine rings is 1. The number of rotatable bonds is 5. The van der Waals surface area contributed by atoms with E-state index in [-0.39, 0.29) is 11.8 Å². The number of ether oxygens (including phenoxy) is 1.